The van der Waals surface area contributed by atoms with Crippen molar-refractivity contribution in [3.8, 4) is 11.3 Å². The number of hydrogen-bond donors (Lipinski definition) is 2. The lowest BCUT2D eigenvalue weighted by Crippen LogP contribution is -2.19. The minimum absolute atomic E-state index is 0.237. The Bertz CT molecular complexity index is 969. The third-order valence-electron chi connectivity index (χ3n) is 3.95. The molecule has 124 valence electrons. The molecule has 0 aliphatic rings. The third-order valence-corrected chi connectivity index (χ3v) is 3.95. The van der Waals surface area contributed by atoms with E-state index >= 15 is 0 Å². The first kappa shape index (κ1) is 15.9. The van der Waals surface area contributed by atoms with E-state index in [1.165, 1.54) is 6.07 Å². The highest BCUT2D eigenvalue weighted by molar-refractivity contribution is 5.89. The van der Waals surface area contributed by atoms with Crippen molar-refractivity contribution in [2.24, 2.45) is 0 Å². The molecule has 0 atom stereocenters. The molecule has 3 rings (SSSR count). The molecular weight excluding hydrogens is 308 g/mol. The van der Waals surface area contributed by atoms with Crippen molar-refractivity contribution in [3.63, 3.8) is 0 Å². The fourth-order valence-corrected chi connectivity index (χ4v) is 2.79. The van der Waals surface area contributed by atoms with Crippen molar-refractivity contribution >= 4 is 16.9 Å². The van der Waals surface area contributed by atoms with Gasteiger partial charge in [-0.05, 0) is 48.7 Å². The van der Waals surface area contributed by atoms with Crippen LogP contribution >= 0.6 is 0 Å². The molecule has 0 saturated carbocycles. The predicted molar refractivity (Wildman–Crippen MR) is 91.5 cm³/mol. The van der Waals surface area contributed by atoms with E-state index in [0.717, 1.165) is 22.0 Å². The molecule has 0 spiro atoms. The first-order valence-electron chi connectivity index (χ1n) is 7.79. The zero-order valence-electron chi connectivity index (χ0n) is 13.5. The van der Waals surface area contributed by atoms with E-state index in [2.05, 4.69) is 4.98 Å². The van der Waals surface area contributed by atoms with Crippen LogP contribution in [0.2, 0.25) is 0 Å². The maximum Gasteiger partial charge on any atom is 0.341 e. The van der Waals surface area contributed by atoms with Crippen LogP contribution in [0.3, 0.4) is 0 Å². The lowest BCUT2D eigenvalue weighted by molar-refractivity contribution is 0.0695. The van der Waals surface area contributed by atoms with Crippen molar-refractivity contribution in [1.29, 1.82) is 0 Å². The molecule has 0 radical (unpaired) electrons. The lowest BCUT2D eigenvalue weighted by atomic mass is 10.0. The van der Waals surface area contributed by atoms with Gasteiger partial charge in [0, 0.05) is 11.6 Å². The number of hydrogen-bond acceptors (Lipinski definition) is 3. The highest BCUT2D eigenvalue weighted by Gasteiger charge is 2.14. The van der Waals surface area contributed by atoms with Crippen LogP contribution in [0.25, 0.3) is 22.2 Å². The van der Waals surface area contributed by atoms with E-state index in [9.17, 15) is 9.59 Å². The SMILES string of the molecule is CCOn1ccc2cc(-c3[nH]c(=O)c(C(=O)O)cc3CC)ccc21. The number of carbonyl (C=O) groups is 1. The quantitative estimate of drug-likeness (QED) is 0.755. The number of benzene rings is 1. The molecule has 0 unspecified atom stereocenters. The molecule has 2 N–H and O–H groups in total. The highest BCUT2D eigenvalue weighted by Crippen LogP contribution is 2.26. The molecule has 0 bridgehead atoms. The van der Waals surface area contributed by atoms with Crippen LogP contribution in [0.4, 0.5) is 0 Å². The zero-order valence-corrected chi connectivity index (χ0v) is 13.5. The van der Waals surface area contributed by atoms with Gasteiger partial charge >= 0.3 is 5.97 Å². The normalized spacial score (nSPS) is 10.9. The van der Waals surface area contributed by atoms with Crippen LogP contribution in [0, 0.1) is 0 Å². The van der Waals surface area contributed by atoms with Crippen LogP contribution in [0.15, 0.2) is 41.3 Å². The van der Waals surface area contributed by atoms with Gasteiger partial charge in [-0.2, -0.15) is 4.73 Å². The number of nitrogens with one attached hydrogen (secondary N) is 1. The average molecular weight is 326 g/mol. The second-order valence-corrected chi connectivity index (χ2v) is 5.40. The molecule has 0 fully saturated rings. The van der Waals surface area contributed by atoms with Gasteiger partial charge in [-0.1, -0.05) is 13.0 Å². The Labute approximate surface area is 138 Å². The largest absolute Gasteiger partial charge is 0.477 e. The second kappa shape index (κ2) is 6.23. The summed E-state index contributed by atoms with van der Waals surface area (Å²) < 4.78 is 1.70. The number of carboxylic acid groups (broad SMARTS) is 1. The zero-order chi connectivity index (χ0) is 17.3. The van der Waals surface area contributed by atoms with Crippen LogP contribution in [0.5, 0.6) is 0 Å². The standard InChI is InChI=1S/C18H18N2O4/c1-3-11-10-14(18(22)23)17(21)19-16(11)13-5-6-15-12(9-13)7-8-20(15)24-4-2/h5-10H,3-4H2,1-2H3,(H,19,21)(H,22,23). The molecule has 3 aromatic rings. The van der Waals surface area contributed by atoms with Gasteiger partial charge in [-0.25, -0.2) is 4.79 Å². The molecule has 6 heteroatoms. The molecule has 0 saturated heterocycles. The molecule has 2 heterocycles. The summed E-state index contributed by atoms with van der Waals surface area (Å²) in [4.78, 5) is 31.4. The maximum atomic E-state index is 12.0. The van der Waals surface area contributed by atoms with Gasteiger partial charge < -0.3 is 14.9 Å². The number of aromatic carboxylic acids is 1. The lowest BCUT2D eigenvalue weighted by Gasteiger charge is -2.10. The summed E-state index contributed by atoms with van der Waals surface area (Å²) in [6, 6.07) is 9.15. The van der Waals surface area contributed by atoms with Gasteiger partial charge in [0.25, 0.3) is 5.56 Å². The van der Waals surface area contributed by atoms with Gasteiger partial charge in [-0.3, -0.25) is 4.79 Å². The average Bonchev–Trinajstić information content (AvgIpc) is 2.97. The molecule has 0 amide bonds. The summed E-state index contributed by atoms with van der Waals surface area (Å²) >= 11 is 0. The molecular formula is C18H18N2O4. The van der Waals surface area contributed by atoms with Gasteiger partial charge in [-0.15, -0.1) is 0 Å². The van der Waals surface area contributed by atoms with Gasteiger partial charge in [0.1, 0.15) is 12.2 Å². The van der Waals surface area contributed by atoms with Crippen molar-refractivity contribution in [2.45, 2.75) is 20.3 Å². The smallest absolute Gasteiger partial charge is 0.341 e. The fraction of sp³-hybridized carbons (Fsp3) is 0.222. The number of aryl methyl sites for hydroxylation is 1. The van der Waals surface area contributed by atoms with E-state index in [1.807, 2.05) is 44.3 Å². The summed E-state index contributed by atoms with van der Waals surface area (Å²) in [5.41, 5.74) is 2.38. The van der Waals surface area contributed by atoms with Crippen LogP contribution < -0.4 is 10.4 Å². The van der Waals surface area contributed by atoms with Gasteiger partial charge in [0.2, 0.25) is 0 Å². The Hall–Kier alpha value is -3.02. The molecule has 1 aromatic carbocycles. The van der Waals surface area contributed by atoms with Crippen molar-refractivity contribution in [3.05, 3.63) is 58.0 Å². The Morgan fingerprint density at radius 3 is 2.71 bits per heavy atom. The number of carboxylic acids is 1. The topological polar surface area (TPSA) is 84.3 Å². The summed E-state index contributed by atoms with van der Waals surface area (Å²) in [7, 11) is 0. The van der Waals surface area contributed by atoms with E-state index in [1.54, 1.807) is 4.73 Å². The van der Waals surface area contributed by atoms with E-state index in [0.29, 0.717) is 18.7 Å². The third kappa shape index (κ3) is 2.67. The first-order valence-corrected chi connectivity index (χ1v) is 7.79. The van der Waals surface area contributed by atoms with Crippen molar-refractivity contribution < 1.29 is 14.7 Å². The summed E-state index contributed by atoms with van der Waals surface area (Å²) in [6.07, 6.45) is 2.46. The van der Waals surface area contributed by atoms with E-state index < -0.39 is 11.5 Å². The molecule has 6 nitrogen and oxygen atoms in total. The molecule has 0 aliphatic heterocycles. The van der Waals surface area contributed by atoms with Gasteiger partial charge in [0.05, 0.1) is 11.2 Å². The number of nitrogens with zero attached hydrogens (tertiary/aromatic N) is 1. The maximum absolute atomic E-state index is 12.0. The monoisotopic (exact) mass is 326 g/mol. The number of H-pyrrole nitrogens is 1. The Morgan fingerprint density at radius 1 is 1.25 bits per heavy atom. The molecule has 24 heavy (non-hydrogen) atoms. The van der Waals surface area contributed by atoms with Crippen LogP contribution in [-0.4, -0.2) is 27.4 Å². The van der Waals surface area contributed by atoms with Crippen molar-refractivity contribution in [2.75, 3.05) is 6.61 Å². The minimum atomic E-state index is -1.22. The van der Waals surface area contributed by atoms with Gasteiger partial charge in [0.15, 0.2) is 0 Å². The molecule has 2 aromatic heterocycles. The predicted octanol–water partition coefficient (Wildman–Crippen LogP) is 2.71. The molecule has 0 aliphatic carbocycles. The Morgan fingerprint density at radius 2 is 2.04 bits per heavy atom. The summed E-state index contributed by atoms with van der Waals surface area (Å²) in [5.74, 6) is -1.22. The number of pyridine rings is 1. The van der Waals surface area contributed by atoms with Crippen LogP contribution in [0.1, 0.15) is 29.8 Å². The summed E-state index contributed by atoms with van der Waals surface area (Å²) in [6.45, 7) is 4.41. The Kier molecular flexibility index (Phi) is 4.12. The second-order valence-electron chi connectivity index (χ2n) is 5.40. The number of aromatic amines is 1. The first-order chi connectivity index (χ1) is 11.5. The van der Waals surface area contributed by atoms with Crippen LogP contribution in [-0.2, 0) is 6.42 Å². The highest BCUT2D eigenvalue weighted by atomic mass is 16.7. The number of rotatable bonds is 5. The number of fused-ring (bicyclic) bond motifs is 1. The van der Waals surface area contributed by atoms with Crippen molar-refractivity contribution in [1.82, 2.24) is 9.71 Å². The summed E-state index contributed by atoms with van der Waals surface area (Å²) in [5, 5.41) is 10.1. The number of aromatic nitrogens is 2. The Balaban J connectivity index is 2.15. The van der Waals surface area contributed by atoms with E-state index in [4.69, 9.17) is 9.94 Å². The fourth-order valence-electron chi connectivity index (χ4n) is 2.79. The van der Waals surface area contributed by atoms with E-state index in [-0.39, 0.29) is 5.56 Å². The minimum Gasteiger partial charge on any atom is -0.477 e.